The summed E-state index contributed by atoms with van der Waals surface area (Å²) in [7, 11) is 0. The fourth-order valence-electron chi connectivity index (χ4n) is 6.40. The largest absolute Gasteiger partial charge is 0.504 e. The van der Waals surface area contributed by atoms with Crippen LogP contribution in [0.3, 0.4) is 0 Å². The second-order valence-corrected chi connectivity index (χ2v) is 8.75. The van der Waals surface area contributed by atoms with E-state index in [0.29, 0.717) is 17.7 Å². The van der Waals surface area contributed by atoms with Gasteiger partial charge in [0.15, 0.2) is 11.5 Å². The molecule has 1 spiro atoms. The predicted molar refractivity (Wildman–Crippen MR) is 92.5 cm³/mol. The van der Waals surface area contributed by atoms with Crippen molar-refractivity contribution >= 4 is 0 Å². The molecule has 24 heavy (non-hydrogen) atoms. The van der Waals surface area contributed by atoms with E-state index in [1.165, 1.54) is 49.1 Å². The van der Waals surface area contributed by atoms with E-state index in [0.717, 1.165) is 30.9 Å². The van der Waals surface area contributed by atoms with Crippen LogP contribution in [0, 0.1) is 11.8 Å². The van der Waals surface area contributed by atoms with Crippen LogP contribution in [0.5, 0.6) is 11.5 Å². The van der Waals surface area contributed by atoms with E-state index in [1.54, 1.807) is 0 Å². The highest BCUT2D eigenvalue weighted by atomic mass is 16.5. The van der Waals surface area contributed by atoms with Gasteiger partial charge in [0.2, 0.25) is 0 Å². The molecule has 1 aromatic carbocycles. The molecule has 3 fully saturated rings. The fourth-order valence-corrected chi connectivity index (χ4v) is 6.40. The maximum Gasteiger partial charge on any atom is 0.166 e. The third-order valence-corrected chi connectivity index (χ3v) is 7.57. The van der Waals surface area contributed by atoms with Crippen LogP contribution < -0.4 is 4.74 Å². The first-order valence-electron chi connectivity index (χ1n) is 9.62. The quantitative estimate of drug-likeness (QED) is 0.847. The number of hydrogen-bond donors (Lipinski definition) is 1. The number of rotatable bonds is 2. The number of phenolic OH excluding ortho intramolecular Hbond substituents is 1. The van der Waals surface area contributed by atoms with Gasteiger partial charge in [0.1, 0.15) is 6.10 Å². The third-order valence-electron chi connectivity index (χ3n) is 7.57. The van der Waals surface area contributed by atoms with Gasteiger partial charge in [-0.3, -0.25) is 4.90 Å². The van der Waals surface area contributed by atoms with E-state index in [-0.39, 0.29) is 11.5 Å². The Hall–Kier alpha value is -1.48. The number of aromatic hydroxyl groups is 1. The molecule has 126 valence electrons. The lowest BCUT2D eigenvalue weighted by Gasteiger charge is -2.58. The van der Waals surface area contributed by atoms with E-state index < -0.39 is 0 Å². The van der Waals surface area contributed by atoms with Gasteiger partial charge in [-0.25, -0.2) is 0 Å². The predicted octanol–water partition coefficient (Wildman–Crippen LogP) is 3.40. The minimum absolute atomic E-state index is 0.0850. The van der Waals surface area contributed by atoms with Gasteiger partial charge in [-0.2, -0.15) is 0 Å². The molecule has 2 saturated carbocycles. The van der Waals surface area contributed by atoms with Crippen molar-refractivity contribution in [1.29, 1.82) is 0 Å². The Morgan fingerprint density at radius 3 is 3.00 bits per heavy atom. The standard InChI is InChI=1S/C21H25NO2/c1-12-2-6-15-16-10-14-5-7-17(23)19-18(14)21(15,20(12)24-19)8-9-22(16)11-13-3-4-13/h5,7,13,15-16,20,23H,1-4,6,8-11H2/t15?,16-,20?,21+/m1/s1. The number of likely N-dealkylation sites (tertiary alicyclic amines) is 1. The molecular formula is C21H25NO2. The minimum atomic E-state index is 0.0850. The number of phenols is 1. The third kappa shape index (κ3) is 1.53. The first-order valence-corrected chi connectivity index (χ1v) is 9.62. The molecule has 1 aromatic rings. The van der Waals surface area contributed by atoms with Gasteiger partial charge >= 0.3 is 0 Å². The molecule has 3 aliphatic carbocycles. The van der Waals surface area contributed by atoms with Crippen LogP contribution in [0.1, 0.15) is 43.2 Å². The monoisotopic (exact) mass is 323 g/mol. The molecule has 3 heteroatoms. The van der Waals surface area contributed by atoms with Crippen LogP contribution in [0.4, 0.5) is 0 Å². The zero-order valence-corrected chi connectivity index (χ0v) is 14.1. The molecule has 1 N–H and O–H groups in total. The Labute approximate surface area is 143 Å². The molecule has 2 aliphatic heterocycles. The van der Waals surface area contributed by atoms with Gasteiger partial charge in [0.25, 0.3) is 0 Å². The highest BCUT2D eigenvalue weighted by Crippen LogP contribution is 2.64. The van der Waals surface area contributed by atoms with Crippen LogP contribution in [0.15, 0.2) is 24.3 Å². The summed E-state index contributed by atoms with van der Waals surface area (Å²) in [6, 6.07) is 4.65. The summed E-state index contributed by atoms with van der Waals surface area (Å²) in [5.74, 6) is 2.71. The van der Waals surface area contributed by atoms with Crippen LogP contribution >= 0.6 is 0 Å². The number of nitrogens with zero attached hydrogens (tertiary/aromatic N) is 1. The number of piperidine rings is 1. The number of ether oxygens (including phenoxy) is 1. The van der Waals surface area contributed by atoms with E-state index in [2.05, 4.69) is 17.5 Å². The van der Waals surface area contributed by atoms with Crippen LogP contribution in [-0.2, 0) is 11.8 Å². The second kappa shape index (κ2) is 4.37. The average molecular weight is 323 g/mol. The lowest BCUT2D eigenvalue weighted by molar-refractivity contribution is -0.0339. The fraction of sp³-hybridized carbons (Fsp3) is 0.619. The lowest BCUT2D eigenvalue weighted by atomic mass is 9.51. The van der Waals surface area contributed by atoms with Gasteiger partial charge in [-0.15, -0.1) is 0 Å². The van der Waals surface area contributed by atoms with Crippen molar-refractivity contribution in [3.05, 3.63) is 35.4 Å². The summed E-state index contributed by atoms with van der Waals surface area (Å²) in [6.07, 6.45) is 7.54. The highest BCUT2D eigenvalue weighted by molar-refractivity contribution is 5.62. The van der Waals surface area contributed by atoms with Gasteiger partial charge in [-0.1, -0.05) is 12.6 Å². The van der Waals surface area contributed by atoms with Crippen LogP contribution in [-0.4, -0.2) is 35.2 Å². The normalized spacial score (nSPS) is 39.5. The van der Waals surface area contributed by atoms with E-state index in [1.807, 2.05) is 6.07 Å². The molecule has 4 atom stereocenters. The smallest absolute Gasteiger partial charge is 0.166 e. The molecule has 6 rings (SSSR count). The van der Waals surface area contributed by atoms with E-state index >= 15 is 0 Å². The molecular weight excluding hydrogens is 298 g/mol. The van der Waals surface area contributed by atoms with Gasteiger partial charge in [0, 0.05) is 23.6 Å². The Morgan fingerprint density at radius 2 is 2.17 bits per heavy atom. The Kier molecular flexibility index (Phi) is 2.51. The van der Waals surface area contributed by atoms with Crippen molar-refractivity contribution in [2.75, 3.05) is 13.1 Å². The Bertz CT molecular complexity index is 752. The van der Waals surface area contributed by atoms with Crippen LogP contribution in [0.25, 0.3) is 0 Å². The first-order chi connectivity index (χ1) is 11.7. The maximum absolute atomic E-state index is 10.4. The molecule has 1 saturated heterocycles. The molecule has 2 unspecified atom stereocenters. The zero-order chi connectivity index (χ0) is 16.1. The molecule has 0 aromatic heterocycles. The molecule has 5 aliphatic rings. The van der Waals surface area contributed by atoms with Crippen molar-refractivity contribution in [2.45, 2.75) is 56.1 Å². The summed E-state index contributed by atoms with van der Waals surface area (Å²) >= 11 is 0. The van der Waals surface area contributed by atoms with Crippen LogP contribution in [0.2, 0.25) is 0 Å². The van der Waals surface area contributed by atoms with Crippen molar-refractivity contribution in [3.63, 3.8) is 0 Å². The molecule has 2 bridgehead atoms. The minimum Gasteiger partial charge on any atom is -0.504 e. The summed E-state index contributed by atoms with van der Waals surface area (Å²) in [4.78, 5) is 2.80. The molecule has 2 heterocycles. The molecule has 0 amide bonds. The second-order valence-electron chi connectivity index (χ2n) is 8.75. The van der Waals surface area contributed by atoms with Gasteiger partial charge in [-0.05, 0) is 74.1 Å². The van der Waals surface area contributed by atoms with Crippen molar-refractivity contribution in [1.82, 2.24) is 4.90 Å². The van der Waals surface area contributed by atoms with Gasteiger partial charge < -0.3 is 9.84 Å². The highest BCUT2D eigenvalue weighted by Gasteiger charge is 2.64. The lowest BCUT2D eigenvalue weighted by Crippen LogP contribution is -2.64. The number of hydrogen-bond acceptors (Lipinski definition) is 3. The zero-order valence-electron chi connectivity index (χ0n) is 14.1. The maximum atomic E-state index is 10.4. The Morgan fingerprint density at radius 1 is 1.29 bits per heavy atom. The molecule has 3 nitrogen and oxygen atoms in total. The molecule has 0 radical (unpaired) electrons. The van der Waals surface area contributed by atoms with E-state index in [9.17, 15) is 5.11 Å². The average Bonchev–Trinajstić information content (AvgIpc) is 3.32. The van der Waals surface area contributed by atoms with Crippen molar-refractivity contribution < 1.29 is 9.84 Å². The SMILES string of the molecule is C=C1CCC2[C@H]3Cc4ccc(O)c5c4[C@@]2(CCN3CC2CC2)C1O5. The Balaban J connectivity index is 1.53. The van der Waals surface area contributed by atoms with Gasteiger partial charge in [0.05, 0.1) is 0 Å². The summed E-state index contributed by atoms with van der Waals surface area (Å²) in [5.41, 5.74) is 4.09. The van der Waals surface area contributed by atoms with Crippen molar-refractivity contribution in [2.24, 2.45) is 11.8 Å². The summed E-state index contributed by atoms with van der Waals surface area (Å²) in [5, 5.41) is 10.4. The summed E-state index contributed by atoms with van der Waals surface area (Å²) in [6.45, 7) is 6.83. The first kappa shape index (κ1) is 13.8. The number of benzene rings is 1. The van der Waals surface area contributed by atoms with E-state index in [4.69, 9.17) is 4.74 Å². The van der Waals surface area contributed by atoms with Crippen molar-refractivity contribution in [3.8, 4) is 11.5 Å². The summed E-state index contributed by atoms with van der Waals surface area (Å²) < 4.78 is 6.38. The topological polar surface area (TPSA) is 32.7 Å².